The summed E-state index contributed by atoms with van der Waals surface area (Å²) in [6.45, 7) is 0. The molecule has 0 saturated heterocycles. The zero-order chi connectivity index (χ0) is 31.6. The zero-order valence-corrected chi connectivity index (χ0v) is 26.2. The van der Waals surface area contributed by atoms with Crippen molar-refractivity contribution in [1.82, 2.24) is 0 Å². The highest BCUT2D eigenvalue weighted by Gasteiger charge is 2.26. The molecule has 1 aliphatic heterocycles. The second-order valence-corrected chi connectivity index (χ2v) is 12.8. The number of furan rings is 1. The average molecular weight is 615 g/mol. The van der Waals surface area contributed by atoms with Crippen molar-refractivity contribution in [2.45, 2.75) is 12.5 Å². The van der Waals surface area contributed by atoms with Gasteiger partial charge in [0.05, 0.1) is 0 Å². The highest BCUT2D eigenvalue weighted by Crippen LogP contribution is 2.45. The van der Waals surface area contributed by atoms with E-state index in [4.69, 9.17) is 9.15 Å². The summed E-state index contributed by atoms with van der Waals surface area (Å²) in [6, 6.07) is 58.8. The van der Waals surface area contributed by atoms with Gasteiger partial charge >= 0.3 is 0 Å². The smallest absolute Gasteiger partial charge is 0.139 e. The van der Waals surface area contributed by atoms with Gasteiger partial charge in [-0.3, -0.25) is 0 Å². The van der Waals surface area contributed by atoms with E-state index in [9.17, 15) is 0 Å². The molecule has 0 fully saturated rings. The van der Waals surface area contributed by atoms with Gasteiger partial charge in [0, 0.05) is 23.3 Å². The van der Waals surface area contributed by atoms with Gasteiger partial charge in [-0.1, -0.05) is 140 Å². The summed E-state index contributed by atoms with van der Waals surface area (Å²) >= 11 is 0. The second kappa shape index (κ2) is 10.7. The summed E-state index contributed by atoms with van der Waals surface area (Å²) in [5.41, 5.74) is 11.5. The molecule has 1 aromatic heterocycles. The molecule has 10 rings (SSSR count). The predicted octanol–water partition coefficient (Wildman–Crippen LogP) is 12.6. The van der Waals surface area contributed by atoms with Crippen LogP contribution in [-0.4, -0.2) is 0 Å². The van der Waals surface area contributed by atoms with E-state index in [0.29, 0.717) is 0 Å². The molecule has 0 N–H and O–H groups in total. The first-order valence-corrected chi connectivity index (χ1v) is 16.6. The van der Waals surface area contributed by atoms with Crippen LogP contribution in [0.5, 0.6) is 5.75 Å². The third-order valence-corrected chi connectivity index (χ3v) is 10.00. The molecular weight excluding hydrogens is 585 g/mol. The molecule has 1 unspecified atom stereocenters. The molecule has 2 nitrogen and oxygen atoms in total. The third kappa shape index (κ3) is 4.27. The first-order chi connectivity index (χ1) is 23.8. The van der Waals surface area contributed by atoms with E-state index in [1.54, 1.807) is 0 Å². The summed E-state index contributed by atoms with van der Waals surface area (Å²) in [5.74, 6) is 0.920. The van der Waals surface area contributed by atoms with E-state index in [1.807, 2.05) is 6.07 Å². The minimum atomic E-state index is 0.0387. The molecule has 0 radical (unpaired) electrons. The summed E-state index contributed by atoms with van der Waals surface area (Å²) in [7, 11) is 0. The Morgan fingerprint density at radius 1 is 0.396 bits per heavy atom. The summed E-state index contributed by atoms with van der Waals surface area (Å²) in [6.07, 6.45) is 0.899. The van der Waals surface area contributed by atoms with Crippen LogP contribution in [0.1, 0.15) is 17.2 Å². The minimum Gasteiger partial charge on any atom is -0.485 e. The third-order valence-electron chi connectivity index (χ3n) is 10.00. The largest absolute Gasteiger partial charge is 0.485 e. The fourth-order valence-electron chi connectivity index (χ4n) is 7.73. The molecule has 1 aliphatic rings. The van der Waals surface area contributed by atoms with Gasteiger partial charge in [0.1, 0.15) is 23.0 Å². The zero-order valence-electron chi connectivity index (χ0n) is 26.2. The van der Waals surface area contributed by atoms with Crippen molar-refractivity contribution in [2.24, 2.45) is 0 Å². The number of hydrogen-bond acceptors (Lipinski definition) is 2. The van der Waals surface area contributed by atoms with Gasteiger partial charge in [0.25, 0.3) is 0 Å². The SMILES string of the molecule is c1ccc(-c2c3ccccc3c(-c3ccc(-c4ccc5oc6cc7c(cc6c5c4)CC(c4ccccc4)O7)cc3)c3ccccc23)cc1. The topological polar surface area (TPSA) is 22.4 Å². The Bertz CT molecular complexity index is 2590. The van der Waals surface area contributed by atoms with Gasteiger partial charge in [-0.15, -0.1) is 0 Å². The van der Waals surface area contributed by atoms with Crippen LogP contribution in [0.3, 0.4) is 0 Å². The molecule has 48 heavy (non-hydrogen) atoms. The van der Waals surface area contributed by atoms with E-state index in [2.05, 4.69) is 158 Å². The van der Waals surface area contributed by atoms with Crippen LogP contribution in [0.4, 0.5) is 0 Å². The van der Waals surface area contributed by atoms with Crippen LogP contribution in [0.15, 0.2) is 168 Å². The molecule has 9 aromatic rings. The lowest BCUT2D eigenvalue weighted by atomic mass is 9.86. The Morgan fingerprint density at radius 2 is 0.917 bits per heavy atom. The lowest BCUT2D eigenvalue weighted by molar-refractivity contribution is 0.239. The van der Waals surface area contributed by atoms with Crippen molar-refractivity contribution in [2.75, 3.05) is 0 Å². The fraction of sp³-hybridized carbons (Fsp3) is 0.0435. The fourth-order valence-corrected chi connectivity index (χ4v) is 7.73. The molecule has 0 spiro atoms. The monoisotopic (exact) mass is 614 g/mol. The van der Waals surface area contributed by atoms with Crippen LogP contribution in [-0.2, 0) is 6.42 Å². The predicted molar refractivity (Wildman–Crippen MR) is 199 cm³/mol. The van der Waals surface area contributed by atoms with E-state index in [-0.39, 0.29) is 6.10 Å². The van der Waals surface area contributed by atoms with E-state index < -0.39 is 0 Å². The molecule has 0 amide bonds. The van der Waals surface area contributed by atoms with E-state index in [0.717, 1.165) is 34.1 Å². The molecule has 1 atom stereocenters. The van der Waals surface area contributed by atoms with Crippen molar-refractivity contribution in [3.8, 4) is 39.1 Å². The Hall–Kier alpha value is -6.12. The van der Waals surface area contributed by atoms with Crippen molar-refractivity contribution in [3.05, 3.63) is 175 Å². The van der Waals surface area contributed by atoms with Crippen molar-refractivity contribution in [1.29, 1.82) is 0 Å². The van der Waals surface area contributed by atoms with Gasteiger partial charge in [-0.25, -0.2) is 0 Å². The Labute approximate surface area is 278 Å². The summed E-state index contributed by atoms with van der Waals surface area (Å²) in [4.78, 5) is 0. The van der Waals surface area contributed by atoms with Gasteiger partial charge in [-0.05, 0) is 84.3 Å². The number of fused-ring (bicyclic) bond motifs is 6. The molecule has 8 aromatic carbocycles. The molecule has 2 heteroatoms. The highest BCUT2D eigenvalue weighted by atomic mass is 16.5. The van der Waals surface area contributed by atoms with Crippen molar-refractivity contribution < 1.29 is 9.15 Å². The maximum absolute atomic E-state index is 6.36. The molecular formula is C46H30O2. The Kier molecular flexibility index (Phi) is 6.04. The number of rotatable bonds is 4. The molecule has 2 heterocycles. The maximum Gasteiger partial charge on any atom is 0.139 e. The van der Waals surface area contributed by atoms with Crippen molar-refractivity contribution in [3.63, 3.8) is 0 Å². The van der Waals surface area contributed by atoms with Crippen LogP contribution >= 0.6 is 0 Å². The van der Waals surface area contributed by atoms with Gasteiger partial charge < -0.3 is 9.15 Å². The van der Waals surface area contributed by atoms with Crippen molar-refractivity contribution >= 4 is 43.5 Å². The van der Waals surface area contributed by atoms with E-state index in [1.165, 1.54) is 66.1 Å². The molecule has 0 saturated carbocycles. The quantitative estimate of drug-likeness (QED) is 0.184. The molecule has 0 bridgehead atoms. The lowest BCUT2D eigenvalue weighted by Gasteiger charge is -2.18. The van der Waals surface area contributed by atoms with Crippen LogP contribution in [0, 0.1) is 0 Å². The van der Waals surface area contributed by atoms with Gasteiger partial charge in [0.15, 0.2) is 0 Å². The van der Waals surface area contributed by atoms with Crippen LogP contribution in [0.25, 0.3) is 76.9 Å². The molecule has 0 aliphatic carbocycles. The van der Waals surface area contributed by atoms with Crippen LogP contribution in [0.2, 0.25) is 0 Å². The lowest BCUT2D eigenvalue weighted by Crippen LogP contribution is -2.02. The van der Waals surface area contributed by atoms with E-state index >= 15 is 0 Å². The first kappa shape index (κ1) is 27.0. The van der Waals surface area contributed by atoms with Gasteiger partial charge in [-0.2, -0.15) is 0 Å². The highest BCUT2D eigenvalue weighted by molar-refractivity contribution is 6.21. The number of benzene rings is 8. The summed E-state index contributed by atoms with van der Waals surface area (Å²) < 4.78 is 12.7. The normalized spacial score (nSPS) is 14.1. The number of hydrogen-bond donors (Lipinski definition) is 0. The minimum absolute atomic E-state index is 0.0387. The van der Waals surface area contributed by atoms with Crippen LogP contribution < -0.4 is 4.74 Å². The standard InChI is InChI=1S/C46H30O2/c1-3-11-30(12-4-1)42-27-34-26-40-39-25-33(23-24-41(39)47-44(40)28-43(34)48-42)29-19-21-32(22-20-29)46-37-17-9-7-15-35(37)45(31-13-5-2-6-14-31)36-16-8-10-18-38(36)46/h1-26,28,42H,27H2. The number of ether oxygens (including phenoxy) is 1. The Morgan fingerprint density at radius 3 is 1.56 bits per heavy atom. The average Bonchev–Trinajstić information content (AvgIpc) is 3.74. The Balaban J connectivity index is 1.05. The first-order valence-electron chi connectivity index (χ1n) is 16.6. The maximum atomic E-state index is 6.36. The van der Waals surface area contributed by atoms with Gasteiger partial charge in [0.2, 0.25) is 0 Å². The second-order valence-electron chi connectivity index (χ2n) is 12.8. The summed E-state index contributed by atoms with van der Waals surface area (Å²) in [5, 5.41) is 7.33. The molecule has 226 valence electrons.